The molecule has 68 heavy (non-hydrogen) atoms. The van der Waals surface area contributed by atoms with E-state index in [1.54, 1.807) is 6.08 Å². The Morgan fingerprint density at radius 1 is 0.559 bits per heavy atom. The van der Waals surface area contributed by atoms with Gasteiger partial charge in [-0.05, 0) is 31.6 Å². The first-order valence-corrected chi connectivity index (χ1v) is 27.0. The zero-order valence-electron chi connectivity index (χ0n) is 42.2. The van der Waals surface area contributed by atoms with E-state index in [4.69, 9.17) is 18.9 Å². The number of unbranched alkanes of at least 4 members (excludes halogenated alkanes) is 23. The molecule has 0 radical (unpaired) electrons. The third-order valence-corrected chi connectivity index (χ3v) is 13.6. The van der Waals surface area contributed by atoms with Crippen LogP contribution >= 0.6 is 0 Å². The molecule has 14 unspecified atom stereocenters. The summed E-state index contributed by atoms with van der Waals surface area (Å²) in [4.78, 5) is 13.3. The van der Waals surface area contributed by atoms with Crippen molar-refractivity contribution in [3.63, 3.8) is 0 Å². The normalized spacial score (nSPS) is 27.4. The van der Waals surface area contributed by atoms with Crippen LogP contribution < -0.4 is 5.32 Å². The summed E-state index contributed by atoms with van der Waals surface area (Å²) in [5.41, 5.74) is 0. The molecule has 0 bridgehead atoms. The third kappa shape index (κ3) is 25.9. The second-order valence-electron chi connectivity index (χ2n) is 20.2. The summed E-state index contributed by atoms with van der Waals surface area (Å²) in [6, 6.07) is -1.31. The number of rotatable bonds is 41. The van der Waals surface area contributed by atoms with Gasteiger partial charge >= 0.3 is 0 Å². The van der Waals surface area contributed by atoms with E-state index < -0.39 is 111 Å². The first-order chi connectivity index (χ1) is 32.7. The van der Waals surface area contributed by atoms with Gasteiger partial charge in [0.25, 0.3) is 0 Å². The Labute approximate surface area is 409 Å². The summed E-state index contributed by atoms with van der Waals surface area (Å²) in [5, 5.41) is 108. The van der Waals surface area contributed by atoms with Gasteiger partial charge in [0.2, 0.25) is 5.91 Å². The van der Waals surface area contributed by atoms with E-state index in [9.17, 15) is 55.9 Å². The van der Waals surface area contributed by atoms with Crippen molar-refractivity contribution in [3.05, 3.63) is 12.2 Å². The summed E-state index contributed by atoms with van der Waals surface area (Å²) in [5.74, 6) is -0.0461. The van der Waals surface area contributed by atoms with Gasteiger partial charge in [0.15, 0.2) is 12.6 Å². The van der Waals surface area contributed by atoms with Crippen LogP contribution in [0.15, 0.2) is 12.2 Å². The minimum Gasteiger partial charge on any atom is -0.394 e. The zero-order chi connectivity index (χ0) is 50.1. The van der Waals surface area contributed by atoms with Gasteiger partial charge < -0.3 is 75.3 Å². The predicted octanol–water partition coefficient (Wildman–Crippen LogP) is 5.35. The predicted molar refractivity (Wildman–Crippen MR) is 261 cm³/mol. The summed E-state index contributed by atoms with van der Waals surface area (Å²) >= 11 is 0. The molecule has 1 amide bonds. The zero-order valence-corrected chi connectivity index (χ0v) is 42.2. The van der Waals surface area contributed by atoms with Gasteiger partial charge in [-0.15, -0.1) is 0 Å². The molecular formula is C52H99NO15. The maximum absolute atomic E-state index is 13.3. The molecule has 16 nitrogen and oxygen atoms in total. The first-order valence-electron chi connectivity index (χ1n) is 27.0. The Hall–Kier alpha value is -1.35. The minimum absolute atomic E-state index is 0.0649. The summed E-state index contributed by atoms with van der Waals surface area (Å²) < 4.78 is 22.4. The van der Waals surface area contributed by atoms with Crippen molar-refractivity contribution in [2.45, 2.75) is 286 Å². The summed E-state index contributed by atoms with van der Waals surface area (Å²) in [7, 11) is 0. The van der Waals surface area contributed by atoms with Crippen molar-refractivity contribution >= 4 is 5.91 Å². The Morgan fingerprint density at radius 3 is 1.50 bits per heavy atom. The molecule has 2 aliphatic heterocycles. The van der Waals surface area contributed by atoms with E-state index in [2.05, 4.69) is 26.1 Å². The maximum atomic E-state index is 13.3. The van der Waals surface area contributed by atoms with E-state index in [0.717, 1.165) is 50.9 Å². The second-order valence-corrected chi connectivity index (χ2v) is 20.2. The van der Waals surface area contributed by atoms with Crippen LogP contribution in [0.25, 0.3) is 0 Å². The van der Waals surface area contributed by atoms with Gasteiger partial charge in [0, 0.05) is 0 Å². The fraction of sp³-hybridized carbons (Fsp3) is 0.942. The Balaban J connectivity index is 1.88. The van der Waals surface area contributed by atoms with Crippen LogP contribution in [0.4, 0.5) is 0 Å². The van der Waals surface area contributed by atoms with E-state index in [1.165, 1.54) is 116 Å². The lowest BCUT2D eigenvalue weighted by atomic mass is 9.98. The average molecular weight is 978 g/mol. The van der Waals surface area contributed by atoms with Crippen molar-refractivity contribution in [1.82, 2.24) is 5.32 Å². The van der Waals surface area contributed by atoms with Gasteiger partial charge in [-0.25, -0.2) is 0 Å². The number of amides is 1. The number of hydrogen-bond donors (Lipinski definition) is 11. The summed E-state index contributed by atoms with van der Waals surface area (Å²) in [6.45, 7) is 4.91. The van der Waals surface area contributed by atoms with Crippen molar-refractivity contribution in [1.29, 1.82) is 0 Å². The number of aliphatic hydroxyl groups excluding tert-OH is 10. The standard InChI is InChI=1S/C52H99NO15/c1-4-5-6-7-8-9-10-11-12-13-14-15-16-17-20-24-27-30-33-40(56)50(64)53-38(43(57)39(55)32-29-26-23-21-18-19-22-25-28-31-37(2)3)35-65-51-49(63)47(61)45(59)42(68-51)36-66-52-48(62)46(60)44(58)41(34-54)67-52/h26,29,37-49,51-52,54-63H,4-25,27-28,30-36H2,1-3H3,(H,53,64). The molecule has 14 atom stereocenters. The lowest BCUT2D eigenvalue weighted by Crippen LogP contribution is -2.62. The molecule has 11 N–H and O–H groups in total. The van der Waals surface area contributed by atoms with E-state index in [-0.39, 0.29) is 12.8 Å². The van der Waals surface area contributed by atoms with Crippen molar-refractivity contribution in [2.75, 3.05) is 19.8 Å². The molecule has 16 heteroatoms. The van der Waals surface area contributed by atoms with Crippen molar-refractivity contribution in [3.8, 4) is 0 Å². The highest BCUT2D eigenvalue weighted by Gasteiger charge is 2.48. The molecule has 2 saturated heterocycles. The third-order valence-electron chi connectivity index (χ3n) is 13.6. The number of carbonyl (C=O) groups excluding carboxylic acids is 1. The Bertz CT molecular complexity index is 1250. The number of nitrogens with one attached hydrogen (secondary N) is 1. The lowest BCUT2D eigenvalue weighted by molar-refractivity contribution is -0.331. The molecule has 0 aromatic rings. The molecule has 0 saturated carbocycles. The Kier molecular flexibility index (Phi) is 35.3. The van der Waals surface area contributed by atoms with Crippen LogP contribution in [-0.2, 0) is 23.7 Å². The smallest absolute Gasteiger partial charge is 0.249 e. The monoisotopic (exact) mass is 978 g/mol. The van der Waals surface area contributed by atoms with E-state index in [1.807, 2.05) is 6.08 Å². The molecule has 0 aromatic heterocycles. The van der Waals surface area contributed by atoms with Gasteiger partial charge in [0.05, 0.1) is 32.0 Å². The van der Waals surface area contributed by atoms with Crippen LogP contribution in [0.3, 0.4) is 0 Å². The highest BCUT2D eigenvalue weighted by atomic mass is 16.7. The lowest BCUT2D eigenvalue weighted by Gasteiger charge is -2.43. The average Bonchev–Trinajstić information content (AvgIpc) is 3.32. The highest BCUT2D eigenvalue weighted by molar-refractivity contribution is 5.80. The van der Waals surface area contributed by atoms with Gasteiger partial charge in [-0.3, -0.25) is 4.79 Å². The van der Waals surface area contributed by atoms with E-state index >= 15 is 0 Å². The molecule has 0 spiro atoms. The molecule has 2 fully saturated rings. The van der Waals surface area contributed by atoms with Crippen LogP contribution in [0.2, 0.25) is 0 Å². The van der Waals surface area contributed by atoms with Gasteiger partial charge in [0.1, 0.15) is 61.0 Å². The Morgan fingerprint density at radius 2 is 1.00 bits per heavy atom. The number of hydrogen-bond acceptors (Lipinski definition) is 15. The first kappa shape index (κ1) is 62.8. The molecule has 402 valence electrons. The minimum atomic E-state index is -1.83. The fourth-order valence-corrected chi connectivity index (χ4v) is 8.94. The number of carbonyl (C=O) groups is 1. The molecular weight excluding hydrogens is 879 g/mol. The molecule has 2 heterocycles. The second kappa shape index (κ2) is 38.3. The summed E-state index contributed by atoms with van der Waals surface area (Å²) in [6.07, 6.45) is 14.4. The SMILES string of the molecule is CCCCCCCCCCCCCCCCCCCCC(O)C(=O)NC(COC1OC(COC2OC(CO)C(O)C(O)C2O)C(O)C(O)C1O)C(O)C(O)CC=CCCCCCCCCC(C)C. The van der Waals surface area contributed by atoms with Crippen molar-refractivity contribution in [2.24, 2.45) is 5.92 Å². The van der Waals surface area contributed by atoms with Crippen LogP contribution in [0.5, 0.6) is 0 Å². The van der Waals surface area contributed by atoms with Gasteiger partial charge in [-0.1, -0.05) is 187 Å². The largest absolute Gasteiger partial charge is 0.394 e. The van der Waals surface area contributed by atoms with E-state index in [0.29, 0.717) is 6.42 Å². The topological polar surface area (TPSA) is 268 Å². The molecule has 2 rings (SSSR count). The number of ether oxygens (including phenoxy) is 4. The fourth-order valence-electron chi connectivity index (χ4n) is 8.94. The number of allylic oxidation sites excluding steroid dienone is 1. The maximum Gasteiger partial charge on any atom is 0.249 e. The van der Waals surface area contributed by atoms with Crippen molar-refractivity contribution < 1.29 is 74.8 Å². The van der Waals surface area contributed by atoms with Crippen LogP contribution in [-0.4, -0.2) is 163 Å². The highest BCUT2D eigenvalue weighted by Crippen LogP contribution is 2.27. The molecule has 0 aromatic carbocycles. The molecule has 2 aliphatic rings. The van der Waals surface area contributed by atoms with Gasteiger partial charge in [-0.2, -0.15) is 0 Å². The van der Waals surface area contributed by atoms with Crippen LogP contribution in [0, 0.1) is 5.92 Å². The molecule has 0 aliphatic carbocycles. The van der Waals surface area contributed by atoms with Crippen LogP contribution in [0.1, 0.15) is 201 Å². The quantitative estimate of drug-likeness (QED) is 0.0273. The number of aliphatic hydroxyl groups is 10.